The van der Waals surface area contributed by atoms with Gasteiger partial charge in [0.05, 0.1) is 17.8 Å². The molecular weight excluding hydrogens is 441 g/mol. The lowest BCUT2D eigenvalue weighted by Gasteiger charge is -2.31. The summed E-state index contributed by atoms with van der Waals surface area (Å²) >= 11 is 0. The molecule has 4 rings (SSSR count). The number of carbonyl (C=O) groups excluding carboxylic acids is 1. The number of sulfonamides is 1. The third-order valence-corrected chi connectivity index (χ3v) is 6.70. The molecule has 1 N–H and O–H groups in total. The van der Waals surface area contributed by atoms with Gasteiger partial charge in [-0.05, 0) is 35.9 Å². The zero-order valence-corrected chi connectivity index (χ0v) is 17.3. The SMILES string of the molecule is O=C1C(=CNc2cccc(C(F)(F)F)c2)S(=O)(=O)N(Cc2ccccc2)c2ccccc21. The highest BCUT2D eigenvalue weighted by molar-refractivity contribution is 7.97. The number of alkyl halides is 3. The van der Waals surface area contributed by atoms with Crippen LogP contribution in [0.25, 0.3) is 0 Å². The van der Waals surface area contributed by atoms with Gasteiger partial charge >= 0.3 is 6.18 Å². The number of hydrogen-bond donors (Lipinski definition) is 1. The van der Waals surface area contributed by atoms with Crippen LogP contribution in [0.2, 0.25) is 0 Å². The quantitative estimate of drug-likeness (QED) is 0.547. The average Bonchev–Trinajstić information content (AvgIpc) is 2.77. The highest BCUT2D eigenvalue weighted by Crippen LogP contribution is 2.36. The Morgan fingerprint density at radius 1 is 0.906 bits per heavy atom. The van der Waals surface area contributed by atoms with Crippen LogP contribution >= 0.6 is 0 Å². The van der Waals surface area contributed by atoms with Crippen molar-refractivity contribution in [3.05, 3.63) is 107 Å². The smallest absolute Gasteiger partial charge is 0.360 e. The van der Waals surface area contributed by atoms with Crippen LogP contribution in [-0.4, -0.2) is 14.2 Å². The highest BCUT2D eigenvalue weighted by Gasteiger charge is 2.40. The Morgan fingerprint density at radius 3 is 2.31 bits per heavy atom. The third kappa shape index (κ3) is 4.11. The van der Waals surface area contributed by atoms with E-state index in [4.69, 9.17) is 0 Å². The second-order valence-electron chi connectivity index (χ2n) is 7.08. The van der Waals surface area contributed by atoms with Crippen molar-refractivity contribution in [3.63, 3.8) is 0 Å². The van der Waals surface area contributed by atoms with Crippen LogP contribution < -0.4 is 9.62 Å². The summed E-state index contributed by atoms with van der Waals surface area (Å²) in [7, 11) is -4.27. The standard InChI is InChI=1S/C23H17F3N2O3S/c24-23(25,26)17-9-6-10-18(13-17)27-14-21-22(29)19-11-4-5-12-20(19)28(32(21,30)31)15-16-7-2-1-3-8-16/h1-14,27H,15H2. The molecule has 9 heteroatoms. The minimum absolute atomic E-state index is 0.00351. The Balaban J connectivity index is 1.75. The lowest BCUT2D eigenvalue weighted by atomic mass is 10.1. The zero-order valence-electron chi connectivity index (χ0n) is 16.5. The summed E-state index contributed by atoms with van der Waals surface area (Å²) in [5, 5.41) is 2.54. The summed E-state index contributed by atoms with van der Waals surface area (Å²) in [5.41, 5.74) is 0.261. The molecule has 0 aromatic heterocycles. The minimum Gasteiger partial charge on any atom is -0.360 e. The van der Waals surface area contributed by atoms with Crippen LogP contribution in [-0.2, 0) is 22.7 Å². The molecule has 1 heterocycles. The first-order valence-electron chi connectivity index (χ1n) is 9.52. The van der Waals surface area contributed by atoms with Crippen molar-refractivity contribution in [1.82, 2.24) is 0 Å². The molecule has 0 atom stereocenters. The Morgan fingerprint density at radius 2 is 1.59 bits per heavy atom. The summed E-state index contributed by atoms with van der Waals surface area (Å²) in [4.78, 5) is 12.4. The number of para-hydroxylation sites is 1. The van der Waals surface area contributed by atoms with E-state index in [0.717, 1.165) is 22.6 Å². The highest BCUT2D eigenvalue weighted by atomic mass is 32.2. The van der Waals surface area contributed by atoms with Gasteiger partial charge in [0.2, 0.25) is 5.78 Å². The fourth-order valence-corrected chi connectivity index (χ4v) is 4.90. The van der Waals surface area contributed by atoms with Gasteiger partial charge in [-0.3, -0.25) is 9.10 Å². The van der Waals surface area contributed by atoms with Crippen LogP contribution in [0.3, 0.4) is 0 Å². The molecule has 0 bridgehead atoms. The molecular formula is C23H17F3N2O3S. The van der Waals surface area contributed by atoms with Crippen molar-refractivity contribution in [2.24, 2.45) is 0 Å². The van der Waals surface area contributed by atoms with Crippen molar-refractivity contribution >= 4 is 27.2 Å². The summed E-state index contributed by atoms with van der Waals surface area (Å²) in [6.45, 7) is -0.00559. The van der Waals surface area contributed by atoms with E-state index in [1.165, 1.54) is 18.2 Å². The number of benzene rings is 3. The van der Waals surface area contributed by atoms with Gasteiger partial charge in [-0.15, -0.1) is 0 Å². The first kappa shape index (κ1) is 21.6. The number of Topliss-reactive ketones (excluding diaryl/α,β-unsaturated/α-hetero) is 1. The van der Waals surface area contributed by atoms with Gasteiger partial charge in [-0.2, -0.15) is 13.2 Å². The predicted octanol–water partition coefficient (Wildman–Crippen LogP) is 5.19. The lowest BCUT2D eigenvalue weighted by Crippen LogP contribution is -2.39. The molecule has 0 unspecified atom stereocenters. The minimum atomic E-state index is -4.55. The third-order valence-electron chi connectivity index (χ3n) is 4.94. The molecule has 0 saturated carbocycles. The maximum absolute atomic E-state index is 13.4. The van der Waals surface area contributed by atoms with Crippen LogP contribution in [0.15, 0.2) is 90.0 Å². The predicted molar refractivity (Wildman–Crippen MR) is 115 cm³/mol. The molecule has 0 radical (unpaired) electrons. The second-order valence-corrected chi connectivity index (χ2v) is 8.91. The van der Waals surface area contributed by atoms with Crippen molar-refractivity contribution in [2.45, 2.75) is 12.7 Å². The maximum Gasteiger partial charge on any atom is 0.416 e. The van der Waals surface area contributed by atoms with Crippen LogP contribution in [0.5, 0.6) is 0 Å². The summed E-state index contributed by atoms with van der Waals surface area (Å²) in [6.07, 6.45) is -3.61. The number of anilines is 2. The Bertz CT molecular complexity index is 1300. The molecule has 0 aliphatic carbocycles. The number of rotatable bonds is 4. The average molecular weight is 458 g/mol. The topological polar surface area (TPSA) is 66.5 Å². The van der Waals surface area contributed by atoms with Crippen molar-refractivity contribution in [2.75, 3.05) is 9.62 Å². The largest absolute Gasteiger partial charge is 0.416 e. The summed E-state index contributed by atoms with van der Waals surface area (Å²) < 4.78 is 66.7. The van der Waals surface area contributed by atoms with Crippen LogP contribution in [0, 0.1) is 0 Å². The van der Waals surface area contributed by atoms with E-state index in [2.05, 4.69) is 5.32 Å². The van der Waals surface area contributed by atoms with Gasteiger partial charge in [0.15, 0.2) is 4.91 Å². The number of hydrogen-bond acceptors (Lipinski definition) is 4. The van der Waals surface area contributed by atoms with Crippen LogP contribution in [0.4, 0.5) is 24.5 Å². The molecule has 164 valence electrons. The number of ketones is 1. The maximum atomic E-state index is 13.4. The molecule has 0 saturated heterocycles. The van der Waals surface area contributed by atoms with Crippen molar-refractivity contribution < 1.29 is 26.4 Å². The molecule has 1 aliphatic rings. The summed E-state index contributed by atoms with van der Waals surface area (Å²) in [6, 6.07) is 19.5. The van der Waals surface area contributed by atoms with E-state index < -0.39 is 32.5 Å². The Labute approximate surface area is 182 Å². The fourth-order valence-electron chi connectivity index (χ4n) is 3.37. The number of nitrogens with one attached hydrogen (secondary N) is 1. The lowest BCUT2D eigenvalue weighted by molar-refractivity contribution is -0.137. The zero-order chi connectivity index (χ0) is 22.9. The van der Waals surface area contributed by atoms with Gasteiger partial charge in [0, 0.05) is 17.5 Å². The van der Waals surface area contributed by atoms with Gasteiger partial charge in [-0.1, -0.05) is 48.5 Å². The van der Waals surface area contributed by atoms with Gasteiger partial charge in [-0.25, -0.2) is 8.42 Å². The fraction of sp³-hybridized carbons (Fsp3) is 0.0870. The van der Waals surface area contributed by atoms with Gasteiger partial charge < -0.3 is 5.32 Å². The van der Waals surface area contributed by atoms with Crippen LogP contribution in [0.1, 0.15) is 21.5 Å². The second kappa shape index (κ2) is 8.16. The van der Waals surface area contributed by atoms with Crippen molar-refractivity contribution in [3.8, 4) is 0 Å². The first-order valence-corrected chi connectivity index (χ1v) is 11.0. The number of allylic oxidation sites excluding steroid dienone is 1. The molecule has 3 aromatic rings. The van der Waals surface area contributed by atoms with E-state index in [1.807, 2.05) is 0 Å². The van der Waals surface area contributed by atoms with E-state index in [0.29, 0.717) is 5.56 Å². The molecule has 0 spiro atoms. The van der Waals surface area contributed by atoms with E-state index in [-0.39, 0.29) is 23.5 Å². The molecule has 0 fully saturated rings. The number of carbonyl (C=O) groups is 1. The number of nitrogens with zero attached hydrogens (tertiary/aromatic N) is 1. The summed E-state index contributed by atoms with van der Waals surface area (Å²) in [5.74, 6) is -0.732. The van der Waals surface area contributed by atoms with Gasteiger partial charge in [0.1, 0.15) is 0 Å². The Hall–Kier alpha value is -3.59. The van der Waals surface area contributed by atoms with Crippen molar-refractivity contribution in [1.29, 1.82) is 0 Å². The molecule has 32 heavy (non-hydrogen) atoms. The molecule has 0 amide bonds. The number of halogens is 3. The van der Waals surface area contributed by atoms with E-state index in [9.17, 15) is 26.4 Å². The molecule has 5 nitrogen and oxygen atoms in total. The van der Waals surface area contributed by atoms with Gasteiger partial charge in [0.25, 0.3) is 10.0 Å². The van der Waals surface area contributed by atoms with E-state index >= 15 is 0 Å². The normalized spacial score (nSPS) is 16.7. The number of fused-ring (bicyclic) bond motifs is 1. The monoisotopic (exact) mass is 458 g/mol. The van der Waals surface area contributed by atoms with E-state index in [1.54, 1.807) is 48.5 Å². The Kier molecular flexibility index (Phi) is 5.52. The molecule has 3 aromatic carbocycles. The molecule has 1 aliphatic heterocycles. The first-order chi connectivity index (χ1) is 15.2.